The molecule has 0 heterocycles. The van der Waals surface area contributed by atoms with Crippen molar-refractivity contribution in [3.8, 4) is 11.5 Å². The van der Waals surface area contributed by atoms with Crippen molar-refractivity contribution in [3.63, 3.8) is 0 Å². The van der Waals surface area contributed by atoms with Gasteiger partial charge >= 0.3 is 0 Å². The molecule has 1 aliphatic carbocycles. The van der Waals surface area contributed by atoms with Crippen molar-refractivity contribution in [1.29, 1.82) is 0 Å². The third-order valence-electron chi connectivity index (χ3n) is 3.14. The number of hydrogen-bond donors (Lipinski definition) is 1. The van der Waals surface area contributed by atoms with E-state index in [2.05, 4.69) is 5.32 Å². The van der Waals surface area contributed by atoms with E-state index in [0.29, 0.717) is 24.1 Å². The molecule has 2 rings (SSSR count). The van der Waals surface area contributed by atoms with Gasteiger partial charge in [-0.2, -0.15) is 0 Å². The highest BCUT2D eigenvalue weighted by molar-refractivity contribution is 7.90. The highest BCUT2D eigenvalue weighted by Crippen LogP contribution is 2.31. The van der Waals surface area contributed by atoms with Crippen molar-refractivity contribution >= 4 is 9.84 Å². The highest BCUT2D eigenvalue weighted by atomic mass is 32.2. The summed E-state index contributed by atoms with van der Waals surface area (Å²) in [7, 11) is -1.44. The van der Waals surface area contributed by atoms with Crippen LogP contribution in [0.1, 0.15) is 18.4 Å². The monoisotopic (exact) mass is 299 g/mol. The topological polar surface area (TPSA) is 64.6 Å². The summed E-state index contributed by atoms with van der Waals surface area (Å²) in [6.45, 7) is 0.839. The Labute approximate surface area is 120 Å². The van der Waals surface area contributed by atoms with E-state index in [-0.39, 0.29) is 12.4 Å². The Morgan fingerprint density at radius 1 is 1.35 bits per heavy atom. The molecular formula is C14H21NO4S. The molecule has 0 atom stereocenters. The van der Waals surface area contributed by atoms with Crippen LogP contribution < -0.4 is 14.8 Å². The van der Waals surface area contributed by atoms with Crippen molar-refractivity contribution in [2.75, 3.05) is 25.7 Å². The summed E-state index contributed by atoms with van der Waals surface area (Å²) < 4.78 is 33.3. The molecule has 6 heteroatoms. The molecule has 0 saturated heterocycles. The molecule has 1 aromatic rings. The van der Waals surface area contributed by atoms with Crippen LogP contribution in [0.2, 0.25) is 0 Å². The molecule has 0 amide bonds. The molecule has 5 nitrogen and oxygen atoms in total. The number of benzene rings is 1. The second-order valence-electron chi connectivity index (χ2n) is 5.08. The first-order chi connectivity index (χ1) is 9.49. The van der Waals surface area contributed by atoms with E-state index in [0.717, 1.165) is 5.56 Å². The molecule has 0 radical (unpaired) electrons. The Hall–Kier alpha value is -1.27. The molecule has 0 aliphatic heterocycles. The first-order valence-electron chi connectivity index (χ1n) is 6.69. The lowest BCUT2D eigenvalue weighted by Crippen LogP contribution is -2.17. The van der Waals surface area contributed by atoms with Crippen LogP contribution >= 0.6 is 0 Å². The average Bonchev–Trinajstić information content (AvgIpc) is 3.19. The van der Waals surface area contributed by atoms with E-state index >= 15 is 0 Å². The van der Waals surface area contributed by atoms with Crippen LogP contribution in [0, 0.1) is 0 Å². The summed E-state index contributed by atoms with van der Waals surface area (Å²) in [4.78, 5) is 0. The maximum atomic E-state index is 11.2. The van der Waals surface area contributed by atoms with Crippen LogP contribution in [0.4, 0.5) is 0 Å². The number of hydrogen-bond acceptors (Lipinski definition) is 5. The first kappa shape index (κ1) is 15.1. The lowest BCUT2D eigenvalue weighted by atomic mass is 10.2. The summed E-state index contributed by atoms with van der Waals surface area (Å²) >= 11 is 0. The fourth-order valence-corrected chi connectivity index (χ4v) is 2.25. The van der Waals surface area contributed by atoms with E-state index in [9.17, 15) is 8.42 Å². The molecule has 1 saturated carbocycles. The zero-order valence-electron chi connectivity index (χ0n) is 11.9. The number of sulfone groups is 1. The molecule has 1 aliphatic rings. The van der Waals surface area contributed by atoms with Gasteiger partial charge in [0.2, 0.25) is 0 Å². The smallest absolute Gasteiger partial charge is 0.165 e. The number of ether oxygens (including phenoxy) is 2. The quantitative estimate of drug-likeness (QED) is 0.785. The number of methoxy groups -OCH3 is 1. The van der Waals surface area contributed by atoms with Gasteiger partial charge in [0.1, 0.15) is 6.61 Å². The number of rotatable bonds is 8. The molecule has 1 fully saturated rings. The maximum absolute atomic E-state index is 11.2. The molecule has 112 valence electrons. The van der Waals surface area contributed by atoms with Gasteiger partial charge in [0.05, 0.1) is 12.9 Å². The standard InChI is InChI=1S/C14H21NO4S/c1-18-13-5-3-4-11(10-15-12-6-7-12)14(13)19-8-9-20(2,16)17/h3-5,12,15H,6-10H2,1-2H3. The molecule has 1 aromatic carbocycles. The largest absolute Gasteiger partial charge is 0.493 e. The predicted molar refractivity (Wildman–Crippen MR) is 78.1 cm³/mol. The minimum Gasteiger partial charge on any atom is -0.493 e. The van der Waals surface area contributed by atoms with E-state index in [1.165, 1.54) is 19.1 Å². The Kier molecular flexibility index (Phi) is 4.88. The Bertz CT molecular complexity index is 552. The van der Waals surface area contributed by atoms with Crippen LogP contribution in [0.5, 0.6) is 11.5 Å². The Morgan fingerprint density at radius 3 is 2.70 bits per heavy atom. The van der Waals surface area contributed by atoms with Crippen LogP contribution in [-0.2, 0) is 16.4 Å². The van der Waals surface area contributed by atoms with Crippen molar-refractivity contribution in [3.05, 3.63) is 23.8 Å². The average molecular weight is 299 g/mol. The molecule has 0 spiro atoms. The van der Waals surface area contributed by atoms with Gasteiger partial charge in [-0.05, 0) is 18.9 Å². The van der Waals surface area contributed by atoms with Crippen molar-refractivity contribution in [1.82, 2.24) is 5.32 Å². The van der Waals surface area contributed by atoms with Gasteiger partial charge in [0, 0.05) is 24.4 Å². The Balaban J connectivity index is 2.05. The minimum absolute atomic E-state index is 0.000538. The van der Waals surface area contributed by atoms with Crippen molar-refractivity contribution < 1.29 is 17.9 Å². The molecule has 20 heavy (non-hydrogen) atoms. The van der Waals surface area contributed by atoms with Gasteiger partial charge in [-0.3, -0.25) is 0 Å². The molecule has 0 aromatic heterocycles. The second-order valence-corrected chi connectivity index (χ2v) is 7.34. The van der Waals surface area contributed by atoms with Gasteiger partial charge in [-0.15, -0.1) is 0 Å². The van der Waals surface area contributed by atoms with Crippen LogP contribution in [0.15, 0.2) is 18.2 Å². The summed E-state index contributed by atoms with van der Waals surface area (Å²) in [5.74, 6) is 1.26. The first-order valence-corrected chi connectivity index (χ1v) is 8.75. The van der Waals surface area contributed by atoms with Crippen LogP contribution in [-0.4, -0.2) is 40.2 Å². The van der Waals surface area contributed by atoms with Gasteiger partial charge < -0.3 is 14.8 Å². The fourth-order valence-electron chi connectivity index (χ4n) is 1.86. The summed E-state index contributed by atoms with van der Waals surface area (Å²) in [5, 5.41) is 3.42. The van der Waals surface area contributed by atoms with Gasteiger partial charge in [0.15, 0.2) is 21.3 Å². The zero-order valence-corrected chi connectivity index (χ0v) is 12.7. The van der Waals surface area contributed by atoms with Gasteiger partial charge in [0.25, 0.3) is 0 Å². The van der Waals surface area contributed by atoms with Gasteiger partial charge in [-0.25, -0.2) is 8.42 Å². The summed E-state index contributed by atoms with van der Waals surface area (Å²) in [6, 6.07) is 6.29. The van der Waals surface area contributed by atoms with Crippen molar-refractivity contribution in [2.45, 2.75) is 25.4 Å². The van der Waals surface area contributed by atoms with Crippen LogP contribution in [0.3, 0.4) is 0 Å². The van der Waals surface area contributed by atoms with E-state index in [4.69, 9.17) is 9.47 Å². The third-order valence-corrected chi connectivity index (χ3v) is 4.05. The van der Waals surface area contributed by atoms with Gasteiger partial charge in [-0.1, -0.05) is 12.1 Å². The third kappa shape index (κ3) is 4.68. The summed E-state index contributed by atoms with van der Waals surface area (Å²) in [6.07, 6.45) is 3.64. The lowest BCUT2D eigenvalue weighted by Gasteiger charge is -2.15. The molecule has 0 unspecified atom stereocenters. The highest BCUT2D eigenvalue weighted by Gasteiger charge is 2.21. The van der Waals surface area contributed by atoms with E-state index in [1.54, 1.807) is 7.11 Å². The fraction of sp³-hybridized carbons (Fsp3) is 0.571. The predicted octanol–water partition coefficient (Wildman–Crippen LogP) is 1.37. The van der Waals surface area contributed by atoms with Crippen LogP contribution in [0.25, 0.3) is 0 Å². The van der Waals surface area contributed by atoms with Crippen molar-refractivity contribution in [2.24, 2.45) is 0 Å². The van der Waals surface area contributed by atoms with E-state index < -0.39 is 9.84 Å². The normalized spacial score (nSPS) is 15.1. The second kappa shape index (κ2) is 6.45. The molecule has 0 bridgehead atoms. The molecule has 1 N–H and O–H groups in total. The van der Waals surface area contributed by atoms with E-state index in [1.807, 2.05) is 18.2 Å². The maximum Gasteiger partial charge on any atom is 0.165 e. The lowest BCUT2D eigenvalue weighted by molar-refractivity contribution is 0.307. The minimum atomic E-state index is -3.02. The SMILES string of the molecule is COc1cccc(CNC2CC2)c1OCCS(C)(=O)=O. The number of nitrogens with one attached hydrogen (secondary N) is 1. The zero-order chi connectivity index (χ0) is 14.6. The summed E-state index contributed by atoms with van der Waals surface area (Å²) in [5.41, 5.74) is 0.991. The molecular weight excluding hydrogens is 278 g/mol. The number of para-hydroxylation sites is 1. The Morgan fingerprint density at radius 2 is 2.10 bits per heavy atom.